The first-order chi connectivity index (χ1) is 11.1. The van der Waals surface area contributed by atoms with Crippen LogP contribution in [0.25, 0.3) is 0 Å². The van der Waals surface area contributed by atoms with Crippen LogP contribution in [0.5, 0.6) is 0 Å². The molecule has 2 aromatic rings. The van der Waals surface area contributed by atoms with Crippen molar-refractivity contribution in [2.45, 2.75) is 19.4 Å². The van der Waals surface area contributed by atoms with Crippen LogP contribution in [-0.2, 0) is 11.3 Å². The summed E-state index contributed by atoms with van der Waals surface area (Å²) in [6.07, 6.45) is 1.02. The Bertz CT molecular complexity index is 658. The van der Waals surface area contributed by atoms with Crippen molar-refractivity contribution in [2.75, 3.05) is 13.6 Å². The first-order valence-electron chi connectivity index (χ1n) is 7.35. The second-order valence-corrected chi connectivity index (χ2v) is 6.47. The molecule has 0 bridgehead atoms. The van der Waals surface area contributed by atoms with E-state index in [-0.39, 0.29) is 11.8 Å². The summed E-state index contributed by atoms with van der Waals surface area (Å²) in [7, 11) is 1.77. The quantitative estimate of drug-likeness (QED) is 0.776. The second kappa shape index (κ2) is 8.70. The molecule has 0 aliphatic heterocycles. The number of hydrogen-bond acceptors (Lipinski definition) is 3. The minimum Gasteiger partial charge on any atom is -0.352 e. The van der Waals surface area contributed by atoms with E-state index in [0.29, 0.717) is 36.5 Å². The van der Waals surface area contributed by atoms with Crippen LogP contribution in [0.4, 0.5) is 0 Å². The van der Waals surface area contributed by atoms with Gasteiger partial charge in [0.2, 0.25) is 5.91 Å². The number of nitrogens with one attached hydrogen (secondary N) is 1. The largest absolute Gasteiger partial charge is 0.352 e. The Morgan fingerprint density at radius 3 is 2.83 bits per heavy atom. The maximum atomic E-state index is 12.1. The average Bonchev–Trinajstić information content (AvgIpc) is 3.05. The number of carbonyl (C=O) groups is 2. The summed E-state index contributed by atoms with van der Waals surface area (Å²) in [5, 5.41) is 7.15. The minimum absolute atomic E-state index is 0.0507. The number of amides is 2. The van der Waals surface area contributed by atoms with Crippen molar-refractivity contribution in [3.8, 4) is 0 Å². The Kier molecular flexibility index (Phi) is 6.62. The molecule has 1 N–H and O–H groups in total. The molecular weight excluding hydrogens is 332 g/mol. The summed E-state index contributed by atoms with van der Waals surface area (Å²) in [6.45, 7) is 1.02. The van der Waals surface area contributed by atoms with Gasteiger partial charge in [-0.15, -0.1) is 0 Å². The predicted molar refractivity (Wildman–Crippen MR) is 93.8 cm³/mol. The van der Waals surface area contributed by atoms with Crippen molar-refractivity contribution in [1.29, 1.82) is 0 Å². The first kappa shape index (κ1) is 17.5. The van der Waals surface area contributed by atoms with Gasteiger partial charge in [-0.25, -0.2) is 0 Å². The van der Waals surface area contributed by atoms with Crippen LogP contribution in [0.1, 0.15) is 28.8 Å². The second-order valence-electron chi connectivity index (χ2n) is 5.25. The molecule has 0 radical (unpaired) electrons. The number of rotatable bonds is 7. The highest BCUT2D eigenvalue weighted by Crippen LogP contribution is 2.12. The highest BCUT2D eigenvalue weighted by atomic mass is 35.5. The summed E-state index contributed by atoms with van der Waals surface area (Å²) in [4.78, 5) is 25.5. The Hall–Kier alpha value is -1.85. The summed E-state index contributed by atoms with van der Waals surface area (Å²) < 4.78 is 0. The molecule has 0 saturated carbocycles. The smallest absolute Gasteiger partial charge is 0.252 e. The van der Waals surface area contributed by atoms with E-state index in [2.05, 4.69) is 5.32 Å². The van der Waals surface area contributed by atoms with Gasteiger partial charge >= 0.3 is 0 Å². The first-order valence-corrected chi connectivity index (χ1v) is 8.67. The van der Waals surface area contributed by atoms with E-state index in [9.17, 15) is 9.59 Å². The van der Waals surface area contributed by atoms with E-state index in [1.807, 2.05) is 29.6 Å². The molecule has 0 atom stereocenters. The molecule has 6 heteroatoms. The molecule has 1 aromatic heterocycles. The van der Waals surface area contributed by atoms with Crippen LogP contribution in [-0.4, -0.2) is 30.3 Å². The Balaban J connectivity index is 1.69. The Morgan fingerprint density at radius 2 is 2.13 bits per heavy atom. The SMILES string of the molecule is CN(Cc1cccc(Cl)c1)C(=O)CCCNC(=O)c1ccsc1. The minimum atomic E-state index is -0.0917. The highest BCUT2D eigenvalue weighted by molar-refractivity contribution is 7.08. The molecule has 2 rings (SSSR count). The summed E-state index contributed by atoms with van der Waals surface area (Å²) in [5.41, 5.74) is 1.67. The lowest BCUT2D eigenvalue weighted by Crippen LogP contribution is -2.28. The van der Waals surface area contributed by atoms with Crippen molar-refractivity contribution in [3.63, 3.8) is 0 Å². The molecule has 0 unspecified atom stereocenters. The third-order valence-corrected chi connectivity index (χ3v) is 4.29. The van der Waals surface area contributed by atoms with Crippen molar-refractivity contribution in [1.82, 2.24) is 10.2 Å². The van der Waals surface area contributed by atoms with Crippen LogP contribution >= 0.6 is 22.9 Å². The zero-order valence-electron chi connectivity index (χ0n) is 12.9. The van der Waals surface area contributed by atoms with Gasteiger partial charge in [0.25, 0.3) is 5.91 Å². The monoisotopic (exact) mass is 350 g/mol. The fourth-order valence-corrected chi connectivity index (χ4v) is 2.97. The van der Waals surface area contributed by atoms with Crippen molar-refractivity contribution in [2.24, 2.45) is 0 Å². The molecule has 122 valence electrons. The summed E-state index contributed by atoms with van der Waals surface area (Å²) >= 11 is 7.43. The van der Waals surface area contributed by atoms with Crippen molar-refractivity contribution >= 4 is 34.8 Å². The van der Waals surface area contributed by atoms with Gasteiger partial charge in [0.05, 0.1) is 0 Å². The number of nitrogens with zero attached hydrogens (tertiary/aromatic N) is 1. The highest BCUT2D eigenvalue weighted by Gasteiger charge is 2.10. The van der Waals surface area contributed by atoms with E-state index in [1.54, 1.807) is 23.4 Å². The lowest BCUT2D eigenvalue weighted by atomic mass is 10.2. The van der Waals surface area contributed by atoms with Gasteiger partial charge in [-0.1, -0.05) is 23.7 Å². The van der Waals surface area contributed by atoms with Crippen molar-refractivity contribution in [3.05, 3.63) is 57.2 Å². The summed E-state index contributed by atoms with van der Waals surface area (Å²) in [6, 6.07) is 9.26. The number of carbonyl (C=O) groups excluding carboxylic acids is 2. The third-order valence-electron chi connectivity index (χ3n) is 3.37. The third kappa shape index (κ3) is 5.69. The maximum absolute atomic E-state index is 12.1. The van der Waals surface area contributed by atoms with Gasteiger partial charge in [-0.05, 0) is 35.6 Å². The van der Waals surface area contributed by atoms with Gasteiger partial charge in [0, 0.05) is 42.5 Å². The van der Waals surface area contributed by atoms with Crippen LogP contribution < -0.4 is 5.32 Å². The number of benzene rings is 1. The fraction of sp³-hybridized carbons (Fsp3) is 0.294. The van der Waals surface area contributed by atoms with E-state index in [0.717, 1.165) is 5.56 Å². The van der Waals surface area contributed by atoms with Crippen LogP contribution in [0.3, 0.4) is 0 Å². The lowest BCUT2D eigenvalue weighted by molar-refractivity contribution is -0.130. The lowest BCUT2D eigenvalue weighted by Gasteiger charge is -2.17. The molecular formula is C17H19ClN2O2S. The molecule has 0 aliphatic rings. The van der Waals surface area contributed by atoms with Crippen molar-refractivity contribution < 1.29 is 9.59 Å². The average molecular weight is 351 g/mol. The molecule has 0 fully saturated rings. The van der Waals surface area contributed by atoms with Gasteiger partial charge in [0.15, 0.2) is 0 Å². The Labute approximate surface area is 145 Å². The van der Waals surface area contributed by atoms with E-state index < -0.39 is 0 Å². The van der Waals surface area contributed by atoms with E-state index in [4.69, 9.17) is 11.6 Å². The molecule has 2 amide bonds. The maximum Gasteiger partial charge on any atom is 0.252 e. The fourth-order valence-electron chi connectivity index (χ4n) is 2.13. The zero-order valence-corrected chi connectivity index (χ0v) is 14.5. The molecule has 0 spiro atoms. The van der Waals surface area contributed by atoms with Gasteiger partial charge in [0.1, 0.15) is 0 Å². The normalized spacial score (nSPS) is 10.3. The molecule has 1 aromatic carbocycles. The van der Waals surface area contributed by atoms with Gasteiger partial charge < -0.3 is 10.2 Å². The molecule has 23 heavy (non-hydrogen) atoms. The summed E-state index contributed by atoms with van der Waals surface area (Å²) in [5.74, 6) is -0.0410. The molecule has 4 nitrogen and oxygen atoms in total. The number of hydrogen-bond donors (Lipinski definition) is 1. The van der Waals surface area contributed by atoms with Gasteiger partial charge in [-0.2, -0.15) is 11.3 Å². The van der Waals surface area contributed by atoms with Crippen LogP contribution in [0, 0.1) is 0 Å². The predicted octanol–water partition coefficient (Wildman–Crippen LogP) is 3.57. The molecule has 0 saturated heterocycles. The molecule has 0 aliphatic carbocycles. The van der Waals surface area contributed by atoms with Crippen LogP contribution in [0.2, 0.25) is 5.02 Å². The standard InChI is InChI=1S/C17H19ClN2O2S/c1-20(11-13-4-2-5-15(18)10-13)16(21)6-3-8-19-17(22)14-7-9-23-12-14/h2,4-5,7,9-10,12H,3,6,8,11H2,1H3,(H,19,22). The van der Waals surface area contributed by atoms with Crippen LogP contribution in [0.15, 0.2) is 41.1 Å². The van der Waals surface area contributed by atoms with E-state index in [1.165, 1.54) is 11.3 Å². The Morgan fingerprint density at radius 1 is 1.30 bits per heavy atom. The van der Waals surface area contributed by atoms with E-state index >= 15 is 0 Å². The molecule has 1 heterocycles. The zero-order chi connectivity index (χ0) is 16.7. The topological polar surface area (TPSA) is 49.4 Å². The number of halogens is 1. The number of thiophene rings is 1. The van der Waals surface area contributed by atoms with Gasteiger partial charge in [-0.3, -0.25) is 9.59 Å².